The normalized spacial score (nSPS) is 11.3. The van der Waals surface area contributed by atoms with E-state index in [1.807, 2.05) is 12.1 Å². The molecule has 0 bridgehead atoms. The number of anilines is 4. The van der Waals surface area contributed by atoms with Gasteiger partial charge in [-0.3, -0.25) is 9.59 Å². The van der Waals surface area contributed by atoms with E-state index in [-0.39, 0.29) is 18.0 Å². The Morgan fingerprint density at radius 2 is 1.81 bits per heavy atom. The van der Waals surface area contributed by atoms with Crippen molar-refractivity contribution in [2.24, 2.45) is 0 Å². The van der Waals surface area contributed by atoms with Crippen molar-refractivity contribution < 1.29 is 9.90 Å². The van der Waals surface area contributed by atoms with Gasteiger partial charge in [0.1, 0.15) is 6.54 Å². The number of nitrogens with two attached hydrogens (primary N) is 1. The van der Waals surface area contributed by atoms with Crippen LogP contribution in [0.4, 0.5) is 22.7 Å². The molecule has 6 N–H and O–H groups in total. The zero-order valence-electron chi connectivity index (χ0n) is 20.4. The molecule has 0 aliphatic heterocycles. The first-order valence-electron chi connectivity index (χ1n) is 11.5. The highest BCUT2D eigenvalue weighted by molar-refractivity contribution is 6.02. The minimum atomic E-state index is -1.04. The van der Waals surface area contributed by atoms with Crippen LogP contribution in [-0.4, -0.2) is 21.3 Å². The van der Waals surface area contributed by atoms with Crippen LogP contribution in [0.1, 0.15) is 31.9 Å². The molecule has 0 aliphatic rings. The number of carbonyl (C=O) groups excluding carboxylic acids is 1. The van der Waals surface area contributed by atoms with Gasteiger partial charge < -0.3 is 31.5 Å². The standard InChI is InChI=1S/C28H29N5O3/c1-17(29)22-11-10-21(15-23(22)30)31-24-9-4-6-18-12-13-33(27(35)26(18)24)16-25(34)32-20-8-5-7-19(14-20)28(2,3)36/h4-15,29,31,36H,16,30H2,1-3H3,(H,32,34). The van der Waals surface area contributed by atoms with Crippen LogP contribution in [0.2, 0.25) is 0 Å². The van der Waals surface area contributed by atoms with Crippen LogP contribution in [0, 0.1) is 5.41 Å². The molecule has 0 aliphatic carbocycles. The number of nitrogen functional groups attached to an aromatic ring is 1. The number of fused-ring (bicyclic) bond motifs is 1. The number of nitrogens with one attached hydrogen (secondary N) is 3. The smallest absolute Gasteiger partial charge is 0.261 e. The first kappa shape index (κ1) is 24.7. The van der Waals surface area contributed by atoms with Crippen molar-refractivity contribution in [3.8, 4) is 0 Å². The second kappa shape index (κ2) is 9.67. The van der Waals surface area contributed by atoms with Gasteiger partial charge in [0, 0.05) is 34.5 Å². The van der Waals surface area contributed by atoms with Crippen molar-refractivity contribution >= 4 is 45.1 Å². The molecular weight excluding hydrogens is 454 g/mol. The van der Waals surface area contributed by atoms with E-state index in [4.69, 9.17) is 11.1 Å². The Kier molecular flexibility index (Phi) is 6.63. The highest BCUT2D eigenvalue weighted by Gasteiger charge is 2.17. The van der Waals surface area contributed by atoms with Crippen LogP contribution in [0.3, 0.4) is 0 Å². The largest absolute Gasteiger partial charge is 0.398 e. The van der Waals surface area contributed by atoms with E-state index in [0.717, 1.165) is 5.39 Å². The lowest BCUT2D eigenvalue weighted by Crippen LogP contribution is -2.27. The third kappa shape index (κ3) is 5.29. The molecule has 0 saturated carbocycles. The average Bonchev–Trinajstić information content (AvgIpc) is 2.80. The molecule has 0 radical (unpaired) electrons. The monoisotopic (exact) mass is 483 g/mol. The summed E-state index contributed by atoms with van der Waals surface area (Å²) in [7, 11) is 0. The molecule has 8 heteroatoms. The van der Waals surface area contributed by atoms with Crippen molar-refractivity contribution in [3.05, 3.63) is 94.4 Å². The molecule has 1 aromatic heterocycles. The maximum absolute atomic E-state index is 13.4. The maximum atomic E-state index is 13.4. The molecule has 8 nitrogen and oxygen atoms in total. The van der Waals surface area contributed by atoms with E-state index < -0.39 is 5.60 Å². The van der Waals surface area contributed by atoms with Gasteiger partial charge in [0.15, 0.2) is 0 Å². The van der Waals surface area contributed by atoms with Crippen molar-refractivity contribution in [1.82, 2.24) is 4.57 Å². The third-order valence-electron chi connectivity index (χ3n) is 5.91. The summed E-state index contributed by atoms with van der Waals surface area (Å²) in [6.07, 6.45) is 1.60. The molecule has 0 fully saturated rings. The summed E-state index contributed by atoms with van der Waals surface area (Å²) < 4.78 is 1.36. The SMILES string of the molecule is CC(=N)c1ccc(Nc2cccc3ccn(CC(=O)Nc4cccc(C(C)(C)O)c4)c(=O)c23)cc1N. The fourth-order valence-electron chi connectivity index (χ4n) is 4.03. The number of rotatable bonds is 7. The lowest BCUT2D eigenvalue weighted by Gasteiger charge is -2.18. The van der Waals surface area contributed by atoms with Crippen LogP contribution in [0.25, 0.3) is 10.8 Å². The van der Waals surface area contributed by atoms with Crippen LogP contribution < -0.4 is 21.9 Å². The van der Waals surface area contributed by atoms with E-state index in [0.29, 0.717) is 45.0 Å². The maximum Gasteiger partial charge on any atom is 0.261 e. The van der Waals surface area contributed by atoms with Crippen molar-refractivity contribution in [2.45, 2.75) is 32.9 Å². The second-order valence-corrected chi connectivity index (χ2v) is 9.26. The van der Waals surface area contributed by atoms with Gasteiger partial charge in [-0.25, -0.2) is 0 Å². The molecular formula is C28H29N5O3. The Hall–Kier alpha value is -4.43. The third-order valence-corrected chi connectivity index (χ3v) is 5.91. The molecule has 3 aromatic carbocycles. The van der Waals surface area contributed by atoms with Crippen molar-refractivity contribution in [3.63, 3.8) is 0 Å². The summed E-state index contributed by atoms with van der Waals surface area (Å²) in [5.41, 5.74) is 8.71. The van der Waals surface area contributed by atoms with Gasteiger partial charge in [0.25, 0.3) is 5.56 Å². The van der Waals surface area contributed by atoms with Gasteiger partial charge in [0.2, 0.25) is 5.91 Å². The summed E-state index contributed by atoms with van der Waals surface area (Å²) in [6, 6.07) is 19.5. The number of hydrogen-bond acceptors (Lipinski definition) is 6. The van der Waals surface area contributed by atoms with Crippen molar-refractivity contribution in [2.75, 3.05) is 16.4 Å². The van der Waals surface area contributed by atoms with E-state index in [9.17, 15) is 14.7 Å². The van der Waals surface area contributed by atoms with Crippen molar-refractivity contribution in [1.29, 1.82) is 5.41 Å². The highest BCUT2D eigenvalue weighted by Crippen LogP contribution is 2.27. The number of nitrogens with zero attached hydrogens (tertiary/aromatic N) is 1. The molecule has 0 saturated heterocycles. The average molecular weight is 484 g/mol. The van der Waals surface area contributed by atoms with Gasteiger partial charge in [0.05, 0.1) is 16.7 Å². The number of benzene rings is 3. The minimum absolute atomic E-state index is 0.171. The van der Waals surface area contributed by atoms with Gasteiger partial charge in [-0.05, 0) is 74.2 Å². The Morgan fingerprint density at radius 1 is 1.06 bits per heavy atom. The van der Waals surface area contributed by atoms with Gasteiger partial charge in [-0.15, -0.1) is 0 Å². The lowest BCUT2D eigenvalue weighted by molar-refractivity contribution is -0.116. The number of carbonyl (C=O) groups is 1. The van der Waals surface area contributed by atoms with E-state index in [1.54, 1.807) is 81.6 Å². The predicted molar refractivity (Wildman–Crippen MR) is 145 cm³/mol. The zero-order chi connectivity index (χ0) is 26.0. The first-order valence-corrected chi connectivity index (χ1v) is 11.5. The van der Waals surface area contributed by atoms with E-state index >= 15 is 0 Å². The number of aliphatic hydroxyl groups is 1. The van der Waals surface area contributed by atoms with Crippen LogP contribution in [0.5, 0.6) is 0 Å². The fourth-order valence-corrected chi connectivity index (χ4v) is 4.03. The molecule has 184 valence electrons. The van der Waals surface area contributed by atoms with Crippen LogP contribution in [-0.2, 0) is 16.9 Å². The summed E-state index contributed by atoms with van der Waals surface area (Å²) in [5, 5.41) is 25.3. The van der Waals surface area contributed by atoms with Gasteiger partial charge >= 0.3 is 0 Å². The topological polar surface area (TPSA) is 133 Å². The Labute approximate surface area is 208 Å². The lowest BCUT2D eigenvalue weighted by atomic mass is 9.98. The number of pyridine rings is 1. The summed E-state index contributed by atoms with van der Waals surface area (Å²) >= 11 is 0. The van der Waals surface area contributed by atoms with Gasteiger partial charge in [-0.1, -0.05) is 24.3 Å². The number of aromatic nitrogens is 1. The summed E-state index contributed by atoms with van der Waals surface area (Å²) in [5.74, 6) is -0.361. The molecule has 0 atom stereocenters. The Balaban J connectivity index is 1.61. The van der Waals surface area contributed by atoms with E-state index in [2.05, 4.69) is 10.6 Å². The predicted octanol–water partition coefficient (Wildman–Crippen LogP) is 4.58. The highest BCUT2D eigenvalue weighted by atomic mass is 16.3. The molecule has 0 spiro atoms. The molecule has 4 rings (SSSR count). The first-order chi connectivity index (χ1) is 17.0. The van der Waals surface area contributed by atoms with Gasteiger partial charge in [-0.2, -0.15) is 0 Å². The summed E-state index contributed by atoms with van der Waals surface area (Å²) in [6.45, 7) is 4.85. The molecule has 1 amide bonds. The quantitative estimate of drug-likeness (QED) is 0.194. The molecule has 4 aromatic rings. The fraction of sp³-hybridized carbons (Fsp3) is 0.179. The Bertz CT molecular complexity index is 1530. The van der Waals surface area contributed by atoms with Crippen LogP contribution >= 0.6 is 0 Å². The molecule has 36 heavy (non-hydrogen) atoms. The van der Waals surface area contributed by atoms with E-state index in [1.165, 1.54) is 4.57 Å². The van der Waals surface area contributed by atoms with Crippen LogP contribution in [0.15, 0.2) is 77.7 Å². The minimum Gasteiger partial charge on any atom is -0.398 e. The zero-order valence-corrected chi connectivity index (χ0v) is 20.4. The Morgan fingerprint density at radius 3 is 2.50 bits per heavy atom. The second-order valence-electron chi connectivity index (χ2n) is 9.26. The number of hydrogen-bond donors (Lipinski definition) is 5. The molecule has 0 unspecified atom stereocenters. The molecule has 1 heterocycles. The summed E-state index contributed by atoms with van der Waals surface area (Å²) in [4.78, 5) is 26.1. The number of amides is 1.